The van der Waals surface area contributed by atoms with E-state index >= 15 is 0 Å². The molecule has 2 aromatic rings. The van der Waals surface area contributed by atoms with Gasteiger partial charge in [0.05, 0.1) is 0 Å². The number of carboxylic acids is 1. The molecule has 0 radical (unpaired) electrons. The van der Waals surface area contributed by atoms with Crippen LogP contribution in [0.2, 0.25) is 0 Å². The molecule has 0 amide bonds. The van der Waals surface area contributed by atoms with Crippen LogP contribution in [-0.2, 0) is 15.6 Å². The highest BCUT2D eigenvalue weighted by atomic mass is 16.4. The first kappa shape index (κ1) is 26.5. The predicted molar refractivity (Wildman–Crippen MR) is 145 cm³/mol. The number of carboxylic acid groups (broad SMARTS) is 1. The molecule has 0 spiro atoms. The zero-order chi connectivity index (χ0) is 24.9. The number of benzene rings is 2. The van der Waals surface area contributed by atoms with Crippen LogP contribution >= 0.6 is 0 Å². The molecule has 3 rings (SSSR count). The summed E-state index contributed by atoms with van der Waals surface area (Å²) >= 11 is 0. The predicted octanol–water partition coefficient (Wildman–Crippen LogP) is 9.38. The molecular weight excluding hydrogens is 416 g/mol. The van der Waals surface area contributed by atoms with E-state index in [2.05, 4.69) is 77.9 Å². The van der Waals surface area contributed by atoms with Gasteiger partial charge in [-0.05, 0) is 57.1 Å². The number of carbonyl (C=O) groups is 1. The van der Waals surface area contributed by atoms with Crippen LogP contribution in [0.5, 0.6) is 0 Å². The number of fused-ring (bicyclic) bond motifs is 3. The number of aliphatic carboxylic acids is 1. The molecule has 2 aromatic carbocycles. The minimum Gasteiger partial charge on any atom is -0.481 e. The van der Waals surface area contributed by atoms with Crippen molar-refractivity contribution < 1.29 is 9.90 Å². The molecular formula is C32H46O2. The third-order valence-corrected chi connectivity index (χ3v) is 7.51. The number of hydrogen-bond donors (Lipinski definition) is 1. The fraction of sp³-hybridized carbons (Fsp3) is 0.594. The Balaban J connectivity index is 1.65. The zero-order valence-electron chi connectivity index (χ0n) is 22.5. The van der Waals surface area contributed by atoms with Crippen LogP contribution in [0.25, 0.3) is 11.1 Å². The van der Waals surface area contributed by atoms with Crippen molar-refractivity contribution in [3.63, 3.8) is 0 Å². The highest BCUT2D eigenvalue weighted by Gasteiger charge is 2.31. The molecule has 0 bridgehead atoms. The number of rotatable bonds is 11. The Morgan fingerprint density at radius 3 is 1.50 bits per heavy atom. The molecule has 1 aliphatic carbocycles. The van der Waals surface area contributed by atoms with Gasteiger partial charge < -0.3 is 5.11 Å². The first-order valence-electron chi connectivity index (χ1n) is 13.5. The van der Waals surface area contributed by atoms with Gasteiger partial charge >= 0.3 is 5.97 Å². The molecule has 0 fully saturated rings. The summed E-state index contributed by atoms with van der Waals surface area (Å²) in [7, 11) is 0. The van der Waals surface area contributed by atoms with E-state index in [9.17, 15) is 4.79 Å². The van der Waals surface area contributed by atoms with Crippen molar-refractivity contribution in [3.05, 3.63) is 58.7 Å². The maximum atomic E-state index is 10.6. The van der Waals surface area contributed by atoms with E-state index in [0.29, 0.717) is 12.3 Å². The van der Waals surface area contributed by atoms with E-state index in [1.165, 1.54) is 78.3 Å². The van der Waals surface area contributed by atoms with Crippen molar-refractivity contribution in [2.75, 3.05) is 0 Å². The minimum atomic E-state index is -0.667. The van der Waals surface area contributed by atoms with Gasteiger partial charge in [0.15, 0.2) is 0 Å². The van der Waals surface area contributed by atoms with Gasteiger partial charge in [-0.15, -0.1) is 0 Å². The average molecular weight is 463 g/mol. The fourth-order valence-corrected chi connectivity index (χ4v) is 5.29. The highest BCUT2D eigenvalue weighted by molar-refractivity contribution is 5.79. The van der Waals surface area contributed by atoms with Crippen molar-refractivity contribution in [3.8, 4) is 11.1 Å². The molecule has 0 saturated carbocycles. The first-order chi connectivity index (χ1) is 16.0. The monoisotopic (exact) mass is 462 g/mol. The Hall–Kier alpha value is -2.09. The lowest BCUT2D eigenvalue weighted by atomic mass is 9.82. The molecule has 0 aliphatic heterocycles. The molecule has 0 saturated heterocycles. The van der Waals surface area contributed by atoms with Gasteiger partial charge in [-0.25, -0.2) is 0 Å². The summed E-state index contributed by atoms with van der Waals surface area (Å²) in [5, 5.41) is 8.74. The van der Waals surface area contributed by atoms with Crippen LogP contribution in [0.15, 0.2) is 36.4 Å². The molecule has 1 aliphatic rings. The van der Waals surface area contributed by atoms with Gasteiger partial charge in [-0.2, -0.15) is 0 Å². The Bertz CT molecular complexity index is 908. The Kier molecular flexibility index (Phi) is 8.66. The third-order valence-electron chi connectivity index (χ3n) is 7.51. The average Bonchev–Trinajstić information content (AvgIpc) is 3.06. The maximum Gasteiger partial charge on any atom is 0.303 e. The van der Waals surface area contributed by atoms with Crippen molar-refractivity contribution in [2.45, 2.75) is 122 Å². The molecule has 34 heavy (non-hydrogen) atoms. The maximum absolute atomic E-state index is 10.6. The normalized spacial score (nSPS) is 13.7. The zero-order valence-corrected chi connectivity index (χ0v) is 22.5. The summed E-state index contributed by atoms with van der Waals surface area (Å²) in [5.74, 6) is -0.162. The highest BCUT2D eigenvalue weighted by Crippen LogP contribution is 2.49. The third kappa shape index (κ3) is 6.74. The fourth-order valence-electron chi connectivity index (χ4n) is 5.29. The van der Waals surface area contributed by atoms with Crippen molar-refractivity contribution in [1.29, 1.82) is 0 Å². The second kappa shape index (κ2) is 11.1. The lowest BCUT2D eigenvalue weighted by Gasteiger charge is -2.22. The Morgan fingerprint density at radius 2 is 1.09 bits per heavy atom. The molecule has 186 valence electrons. The summed E-state index contributed by atoms with van der Waals surface area (Å²) in [6, 6.07) is 14.4. The first-order valence-corrected chi connectivity index (χ1v) is 13.5. The van der Waals surface area contributed by atoms with E-state index in [1.54, 1.807) is 0 Å². The van der Waals surface area contributed by atoms with Gasteiger partial charge in [0.2, 0.25) is 0 Å². The van der Waals surface area contributed by atoms with Gasteiger partial charge in [0.25, 0.3) is 0 Å². The SMILES string of the molecule is CC(C)(C)c1ccc2c(c1)C(CCCCCCCCCCC(=O)O)c1cc(C(C)(C)C)ccc1-2. The Morgan fingerprint density at radius 1 is 0.676 bits per heavy atom. The van der Waals surface area contributed by atoms with Crippen LogP contribution in [0.1, 0.15) is 134 Å². The van der Waals surface area contributed by atoms with Crippen molar-refractivity contribution in [1.82, 2.24) is 0 Å². The van der Waals surface area contributed by atoms with Gasteiger partial charge in [0, 0.05) is 12.3 Å². The molecule has 1 N–H and O–H groups in total. The lowest BCUT2D eigenvalue weighted by molar-refractivity contribution is -0.137. The van der Waals surface area contributed by atoms with Gasteiger partial charge in [-0.1, -0.05) is 123 Å². The van der Waals surface area contributed by atoms with E-state index in [-0.39, 0.29) is 10.8 Å². The molecule has 0 heterocycles. The molecule has 0 unspecified atom stereocenters. The van der Waals surface area contributed by atoms with Crippen LogP contribution in [0.4, 0.5) is 0 Å². The van der Waals surface area contributed by atoms with Crippen LogP contribution < -0.4 is 0 Å². The summed E-state index contributed by atoms with van der Waals surface area (Å²) in [6.45, 7) is 13.9. The molecule has 0 aromatic heterocycles. The Labute approximate surface area is 208 Å². The van der Waals surface area contributed by atoms with E-state index < -0.39 is 5.97 Å². The van der Waals surface area contributed by atoms with E-state index in [4.69, 9.17) is 5.11 Å². The van der Waals surface area contributed by atoms with E-state index in [0.717, 1.165) is 12.8 Å². The molecule has 2 heteroatoms. The van der Waals surface area contributed by atoms with E-state index in [1.807, 2.05) is 0 Å². The minimum absolute atomic E-state index is 0.162. The van der Waals surface area contributed by atoms with Crippen molar-refractivity contribution >= 4 is 5.97 Å². The van der Waals surface area contributed by atoms with Gasteiger partial charge in [-0.3, -0.25) is 4.79 Å². The summed E-state index contributed by atoms with van der Waals surface area (Å²) in [4.78, 5) is 10.6. The summed E-state index contributed by atoms with van der Waals surface area (Å²) < 4.78 is 0. The second-order valence-corrected chi connectivity index (χ2v) is 12.4. The summed E-state index contributed by atoms with van der Waals surface area (Å²) in [5.41, 5.74) is 9.14. The van der Waals surface area contributed by atoms with Gasteiger partial charge in [0.1, 0.15) is 0 Å². The van der Waals surface area contributed by atoms with Crippen LogP contribution in [0, 0.1) is 0 Å². The molecule has 2 nitrogen and oxygen atoms in total. The number of unbranched alkanes of at least 4 members (excludes halogenated alkanes) is 7. The van der Waals surface area contributed by atoms with Crippen molar-refractivity contribution in [2.24, 2.45) is 0 Å². The standard InChI is InChI=1S/C32H46O2/c1-31(2,3)23-17-19-26-27-20-18-24(32(4,5)6)22-29(27)25(28(26)21-23)15-13-11-9-7-8-10-12-14-16-30(33)34/h17-22,25H,7-16H2,1-6H3,(H,33,34). The van der Waals surface area contributed by atoms with Crippen LogP contribution in [-0.4, -0.2) is 11.1 Å². The largest absolute Gasteiger partial charge is 0.481 e. The lowest BCUT2D eigenvalue weighted by Crippen LogP contribution is -2.12. The number of hydrogen-bond acceptors (Lipinski definition) is 1. The topological polar surface area (TPSA) is 37.3 Å². The quantitative estimate of drug-likeness (QED) is 0.338. The smallest absolute Gasteiger partial charge is 0.303 e. The second-order valence-electron chi connectivity index (χ2n) is 12.4. The summed E-state index contributed by atoms with van der Waals surface area (Å²) in [6.07, 6.45) is 10.9. The van der Waals surface area contributed by atoms with Crippen LogP contribution in [0.3, 0.4) is 0 Å². The molecule has 0 atom stereocenters.